The van der Waals surface area contributed by atoms with E-state index in [1.807, 2.05) is 0 Å². The topological polar surface area (TPSA) is 37.1 Å². The molecule has 2 rings (SSSR count). The van der Waals surface area contributed by atoms with Crippen molar-refractivity contribution in [3.05, 3.63) is 0 Å². The third kappa shape index (κ3) is 1.47. The molecule has 0 radical (unpaired) electrons. The fourth-order valence-corrected chi connectivity index (χ4v) is 1.87. The van der Waals surface area contributed by atoms with Gasteiger partial charge in [0.25, 0.3) is 0 Å². The highest BCUT2D eigenvalue weighted by Crippen LogP contribution is 2.29. The van der Waals surface area contributed by atoms with Crippen molar-refractivity contribution in [1.29, 1.82) is 0 Å². The minimum atomic E-state index is 0.176. The van der Waals surface area contributed by atoms with Crippen molar-refractivity contribution in [3.63, 3.8) is 0 Å². The Hall–Kier alpha value is -0.730. The largest absolute Gasteiger partial charge is 0.243 e. The van der Waals surface area contributed by atoms with Crippen molar-refractivity contribution >= 4 is 6.34 Å². The quantitative estimate of drug-likeness (QED) is 0.552. The number of hydrogen-bond acceptors (Lipinski definition) is 3. The van der Waals surface area contributed by atoms with E-state index in [9.17, 15) is 0 Å². The van der Waals surface area contributed by atoms with E-state index in [0.717, 1.165) is 0 Å². The summed E-state index contributed by atoms with van der Waals surface area (Å²) in [7, 11) is 0. The normalized spacial score (nSPS) is 31.5. The molecule has 1 atom stereocenters. The van der Waals surface area contributed by atoms with Crippen molar-refractivity contribution in [2.45, 2.75) is 38.3 Å². The van der Waals surface area contributed by atoms with Crippen LogP contribution in [0.3, 0.4) is 0 Å². The summed E-state index contributed by atoms with van der Waals surface area (Å²) in [5.74, 6) is 0.686. The van der Waals surface area contributed by atoms with E-state index in [2.05, 4.69) is 15.2 Å². The van der Waals surface area contributed by atoms with Crippen LogP contribution in [0.1, 0.15) is 32.1 Å². The van der Waals surface area contributed by atoms with Crippen LogP contribution in [0.15, 0.2) is 15.2 Å². The Balaban J connectivity index is 1.92. The lowest BCUT2D eigenvalue weighted by molar-refractivity contribution is 0.311. The molecule has 0 amide bonds. The minimum Gasteiger partial charge on any atom is -0.243 e. The van der Waals surface area contributed by atoms with E-state index in [1.54, 1.807) is 6.34 Å². The van der Waals surface area contributed by atoms with Crippen LogP contribution in [0.4, 0.5) is 0 Å². The van der Waals surface area contributed by atoms with Gasteiger partial charge in [0.15, 0.2) is 6.17 Å². The van der Waals surface area contributed by atoms with Gasteiger partial charge in [-0.05, 0) is 12.8 Å². The molecule has 60 valence electrons. The van der Waals surface area contributed by atoms with E-state index < -0.39 is 0 Å². The number of rotatable bonds is 1. The van der Waals surface area contributed by atoms with Gasteiger partial charge in [0.05, 0.1) is 0 Å². The zero-order valence-corrected chi connectivity index (χ0v) is 6.61. The van der Waals surface area contributed by atoms with E-state index in [4.69, 9.17) is 0 Å². The Kier molecular flexibility index (Phi) is 1.97. The number of azo groups is 1. The van der Waals surface area contributed by atoms with E-state index >= 15 is 0 Å². The minimum absolute atomic E-state index is 0.176. The van der Waals surface area contributed by atoms with Gasteiger partial charge in [0, 0.05) is 5.92 Å². The monoisotopic (exact) mass is 151 g/mol. The van der Waals surface area contributed by atoms with Crippen LogP contribution in [0.25, 0.3) is 0 Å². The summed E-state index contributed by atoms with van der Waals surface area (Å²) in [6.45, 7) is 0. The second-order valence-corrected chi connectivity index (χ2v) is 3.31. The summed E-state index contributed by atoms with van der Waals surface area (Å²) < 4.78 is 0. The highest BCUT2D eigenvalue weighted by atomic mass is 15.3. The van der Waals surface area contributed by atoms with Gasteiger partial charge in [-0.1, -0.05) is 19.3 Å². The standard InChI is InChI=1S/C8H13N3/c1-2-4-7(5-3-1)8-9-6-10-11-8/h6-8H,1-5H2. The number of nitrogens with zero attached hydrogens (tertiary/aromatic N) is 3. The van der Waals surface area contributed by atoms with Crippen LogP contribution in [0.5, 0.6) is 0 Å². The third-order valence-electron chi connectivity index (χ3n) is 2.53. The van der Waals surface area contributed by atoms with E-state index in [1.165, 1.54) is 32.1 Å². The highest BCUT2D eigenvalue weighted by molar-refractivity contribution is 5.56. The Morgan fingerprint density at radius 2 is 1.91 bits per heavy atom. The summed E-state index contributed by atoms with van der Waals surface area (Å²) in [6, 6.07) is 0. The van der Waals surface area contributed by atoms with Gasteiger partial charge in [-0.25, -0.2) is 4.99 Å². The Morgan fingerprint density at radius 1 is 1.09 bits per heavy atom. The van der Waals surface area contributed by atoms with Gasteiger partial charge >= 0.3 is 0 Å². The summed E-state index contributed by atoms with van der Waals surface area (Å²) in [4.78, 5) is 4.20. The van der Waals surface area contributed by atoms with Crippen molar-refractivity contribution in [1.82, 2.24) is 0 Å². The molecular weight excluding hydrogens is 138 g/mol. The average Bonchev–Trinajstić information content (AvgIpc) is 2.58. The van der Waals surface area contributed by atoms with E-state index in [-0.39, 0.29) is 6.17 Å². The zero-order chi connectivity index (χ0) is 7.52. The SMILES string of the molecule is C1=NC(C2CCCCC2)N=N1. The molecule has 1 aliphatic carbocycles. The van der Waals surface area contributed by atoms with Gasteiger partial charge in [-0.15, -0.1) is 5.11 Å². The molecule has 1 aliphatic heterocycles. The van der Waals surface area contributed by atoms with E-state index in [0.29, 0.717) is 5.92 Å². The lowest BCUT2D eigenvalue weighted by Gasteiger charge is -2.22. The van der Waals surface area contributed by atoms with Gasteiger partial charge in [0.2, 0.25) is 0 Å². The van der Waals surface area contributed by atoms with Gasteiger partial charge in [-0.2, -0.15) is 5.11 Å². The fraction of sp³-hybridized carbons (Fsp3) is 0.875. The second kappa shape index (κ2) is 3.11. The molecule has 1 fully saturated rings. The molecular formula is C8H13N3. The molecule has 2 aliphatic rings. The predicted octanol–water partition coefficient (Wildman–Crippen LogP) is 2.39. The van der Waals surface area contributed by atoms with Crippen LogP contribution in [0, 0.1) is 5.92 Å². The molecule has 0 bridgehead atoms. The maximum atomic E-state index is 4.20. The van der Waals surface area contributed by atoms with Crippen LogP contribution in [-0.4, -0.2) is 12.5 Å². The van der Waals surface area contributed by atoms with Crippen LogP contribution >= 0.6 is 0 Å². The molecule has 3 nitrogen and oxygen atoms in total. The zero-order valence-electron chi connectivity index (χ0n) is 6.61. The lowest BCUT2D eigenvalue weighted by atomic mass is 9.87. The number of aliphatic imine (C=N–C) groups is 1. The fourth-order valence-electron chi connectivity index (χ4n) is 1.87. The smallest absolute Gasteiger partial charge is 0.165 e. The summed E-state index contributed by atoms with van der Waals surface area (Å²) in [5, 5.41) is 7.84. The Labute approximate surface area is 66.6 Å². The molecule has 3 heteroatoms. The molecule has 0 N–H and O–H groups in total. The van der Waals surface area contributed by atoms with Crippen molar-refractivity contribution in [3.8, 4) is 0 Å². The molecule has 0 saturated heterocycles. The Bertz CT molecular complexity index is 168. The summed E-state index contributed by atoms with van der Waals surface area (Å²) in [5.41, 5.74) is 0. The molecule has 0 spiro atoms. The molecule has 0 aromatic heterocycles. The highest BCUT2D eigenvalue weighted by Gasteiger charge is 2.23. The third-order valence-corrected chi connectivity index (χ3v) is 2.53. The van der Waals surface area contributed by atoms with Crippen molar-refractivity contribution in [2.24, 2.45) is 21.1 Å². The van der Waals surface area contributed by atoms with Crippen LogP contribution in [-0.2, 0) is 0 Å². The maximum absolute atomic E-state index is 4.20. The molecule has 0 aromatic rings. The molecule has 11 heavy (non-hydrogen) atoms. The summed E-state index contributed by atoms with van der Waals surface area (Å²) >= 11 is 0. The van der Waals surface area contributed by atoms with Crippen molar-refractivity contribution < 1.29 is 0 Å². The Morgan fingerprint density at radius 3 is 2.55 bits per heavy atom. The van der Waals surface area contributed by atoms with Gasteiger partial charge < -0.3 is 0 Å². The average molecular weight is 151 g/mol. The second-order valence-electron chi connectivity index (χ2n) is 3.31. The van der Waals surface area contributed by atoms with Gasteiger partial charge in [0.1, 0.15) is 6.34 Å². The van der Waals surface area contributed by atoms with Crippen LogP contribution in [0.2, 0.25) is 0 Å². The van der Waals surface area contributed by atoms with Crippen LogP contribution < -0.4 is 0 Å². The molecule has 1 saturated carbocycles. The first-order valence-electron chi connectivity index (χ1n) is 4.38. The first kappa shape index (κ1) is 6.95. The predicted molar refractivity (Wildman–Crippen MR) is 43.7 cm³/mol. The first-order chi connectivity index (χ1) is 5.47. The van der Waals surface area contributed by atoms with Crippen molar-refractivity contribution in [2.75, 3.05) is 0 Å². The summed E-state index contributed by atoms with van der Waals surface area (Å²) in [6.07, 6.45) is 8.44. The molecule has 1 unspecified atom stereocenters. The molecule has 0 aromatic carbocycles. The first-order valence-corrected chi connectivity index (χ1v) is 4.38. The van der Waals surface area contributed by atoms with Gasteiger partial charge in [-0.3, -0.25) is 0 Å². The molecule has 1 heterocycles. The lowest BCUT2D eigenvalue weighted by Crippen LogP contribution is -2.17. The number of hydrogen-bond donors (Lipinski definition) is 0. The maximum Gasteiger partial charge on any atom is 0.165 e.